The molecule has 5 nitrogen and oxygen atoms in total. The van der Waals surface area contributed by atoms with Gasteiger partial charge in [-0.15, -0.1) is 11.3 Å². The van der Waals surface area contributed by atoms with E-state index in [1.807, 2.05) is 62.4 Å². The van der Waals surface area contributed by atoms with E-state index >= 15 is 0 Å². The third-order valence-corrected chi connectivity index (χ3v) is 6.50. The fourth-order valence-corrected chi connectivity index (χ4v) is 4.73. The number of furan rings is 1. The summed E-state index contributed by atoms with van der Waals surface area (Å²) in [5.74, 6) is -0.0390. The average Bonchev–Trinajstić information content (AvgIpc) is 3.35. The highest BCUT2D eigenvalue weighted by molar-refractivity contribution is 8.01. The summed E-state index contributed by atoms with van der Waals surface area (Å²) in [6, 6.07) is 19.0. The fourth-order valence-electron chi connectivity index (χ4n) is 2.76. The number of carbonyl (C=O) groups is 1. The maximum Gasteiger partial charge on any atom is 0.266 e. The van der Waals surface area contributed by atoms with E-state index < -0.39 is 5.91 Å². The fraction of sp³-hybridized carbons (Fsp3) is 0.0870. The van der Waals surface area contributed by atoms with Crippen molar-refractivity contribution in [3.05, 3.63) is 77.1 Å². The minimum atomic E-state index is -0.475. The summed E-state index contributed by atoms with van der Waals surface area (Å²) in [6.07, 6.45) is 1.44. The van der Waals surface area contributed by atoms with Gasteiger partial charge in [0.25, 0.3) is 5.91 Å². The molecule has 1 N–H and O–H groups in total. The van der Waals surface area contributed by atoms with E-state index in [1.54, 1.807) is 23.5 Å². The zero-order valence-corrected chi connectivity index (χ0v) is 17.9. The van der Waals surface area contributed by atoms with Gasteiger partial charge in [-0.1, -0.05) is 18.2 Å². The molecule has 0 spiro atoms. The molecule has 2 heterocycles. The SMILES string of the molecule is Cc1ccc(NC(=O)/C(C#N)=C/c2ccc(Sc3nc4ccccc4s3)o2)cc1C. The molecule has 0 saturated carbocycles. The molecular formula is C23H17N3O2S2. The van der Waals surface area contributed by atoms with E-state index in [9.17, 15) is 10.1 Å². The second-order valence-corrected chi connectivity index (χ2v) is 8.91. The molecule has 4 aromatic rings. The van der Waals surface area contributed by atoms with Crippen LogP contribution in [-0.4, -0.2) is 10.9 Å². The summed E-state index contributed by atoms with van der Waals surface area (Å²) in [5.41, 5.74) is 3.77. The third kappa shape index (κ3) is 4.46. The van der Waals surface area contributed by atoms with E-state index in [-0.39, 0.29) is 5.57 Å². The second-order valence-electron chi connectivity index (χ2n) is 6.63. The predicted molar refractivity (Wildman–Crippen MR) is 121 cm³/mol. The van der Waals surface area contributed by atoms with Crippen LogP contribution in [0.25, 0.3) is 16.3 Å². The molecule has 4 rings (SSSR count). The number of aryl methyl sites for hydroxylation is 2. The summed E-state index contributed by atoms with van der Waals surface area (Å²) in [6.45, 7) is 3.97. The summed E-state index contributed by atoms with van der Waals surface area (Å²) in [4.78, 5) is 17.1. The van der Waals surface area contributed by atoms with Crippen molar-refractivity contribution in [3.8, 4) is 6.07 Å². The van der Waals surface area contributed by atoms with Crippen molar-refractivity contribution < 1.29 is 9.21 Å². The van der Waals surface area contributed by atoms with Gasteiger partial charge < -0.3 is 9.73 Å². The first-order valence-electron chi connectivity index (χ1n) is 9.15. The monoisotopic (exact) mass is 431 g/mol. The van der Waals surface area contributed by atoms with Crippen molar-refractivity contribution >= 4 is 51.0 Å². The van der Waals surface area contributed by atoms with Gasteiger partial charge in [0.05, 0.1) is 10.2 Å². The number of nitriles is 1. The van der Waals surface area contributed by atoms with E-state index in [2.05, 4.69) is 10.3 Å². The second kappa shape index (κ2) is 8.57. The Balaban J connectivity index is 1.48. The summed E-state index contributed by atoms with van der Waals surface area (Å²) >= 11 is 3.00. The molecule has 0 unspecified atom stereocenters. The standard InChI is InChI=1S/C23H17N3O2S2/c1-14-7-8-17(11-15(14)2)25-22(27)16(13-24)12-18-9-10-21(28-18)30-23-26-19-5-3-4-6-20(19)29-23/h3-12H,1-2H3,(H,25,27)/b16-12+. The van der Waals surface area contributed by atoms with Crippen LogP contribution < -0.4 is 5.32 Å². The quantitative estimate of drug-likeness (QED) is 0.300. The number of hydrogen-bond donors (Lipinski definition) is 1. The number of fused-ring (bicyclic) bond motifs is 1. The number of aromatic nitrogens is 1. The van der Waals surface area contributed by atoms with Crippen LogP contribution >= 0.6 is 23.1 Å². The minimum absolute atomic E-state index is 0.0286. The van der Waals surface area contributed by atoms with Gasteiger partial charge in [0.2, 0.25) is 0 Å². The van der Waals surface area contributed by atoms with Gasteiger partial charge in [-0.3, -0.25) is 4.79 Å². The smallest absolute Gasteiger partial charge is 0.266 e. The zero-order chi connectivity index (χ0) is 21.1. The molecule has 30 heavy (non-hydrogen) atoms. The molecule has 2 aromatic carbocycles. The van der Waals surface area contributed by atoms with Crippen molar-refractivity contribution in [1.29, 1.82) is 5.26 Å². The van der Waals surface area contributed by atoms with Crippen LogP contribution in [0.5, 0.6) is 0 Å². The van der Waals surface area contributed by atoms with Gasteiger partial charge in [-0.25, -0.2) is 4.98 Å². The Morgan fingerprint density at radius 1 is 1.17 bits per heavy atom. The Bertz CT molecular complexity index is 1280. The van der Waals surface area contributed by atoms with Crippen LogP contribution in [0.4, 0.5) is 5.69 Å². The van der Waals surface area contributed by atoms with Crippen LogP contribution in [0.1, 0.15) is 16.9 Å². The van der Waals surface area contributed by atoms with Crippen molar-refractivity contribution in [2.75, 3.05) is 5.32 Å². The number of benzene rings is 2. The lowest BCUT2D eigenvalue weighted by molar-refractivity contribution is -0.112. The topological polar surface area (TPSA) is 78.9 Å². The third-order valence-electron chi connectivity index (χ3n) is 4.48. The van der Waals surface area contributed by atoms with Gasteiger partial charge >= 0.3 is 0 Å². The van der Waals surface area contributed by atoms with Gasteiger partial charge in [0.1, 0.15) is 17.4 Å². The Morgan fingerprint density at radius 3 is 2.77 bits per heavy atom. The Hall–Kier alpha value is -3.34. The first kappa shape index (κ1) is 20.0. The highest BCUT2D eigenvalue weighted by Crippen LogP contribution is 2.35. The largest absolute Gasteiger partial charge is 0.450 e. The van der Waals surface area contributed by atoms with Crippen LogP contribution in [0.15, 0.2) is 74.0 Å². The molecule has 0 bridgehead atoms. The molecule has 0 saturated heterocycles. The van der Waals surface area contributed by atoms with Crippen LogP contribution in [-0.2, 0) is 4.79 Å². The summed E-state index contributed by atoms with van der Waals surface area (Å²) < 4.78 is 7.76. The van der Waals surface area contributed by atoms with Crippen molar-refractivity contribution in [3.63, 3.8) is 0 Å². The minimum Gasteiger partial charge on any atom is -0.450 e. The van der Waals surface area contributed by atoms with Crippen LogP contribution in [0.2, 0.25) is 0 Å². The molecule has 0 atom stereocenters. The number of anilines is 1. The first-order valence-corrected chi connectivity index (χ1v) is 10.8. The Kier molecular flexibility index (Phi) is 5.70. The van der Waals surface area contributed by atoms with E-state index in [0.29, 0.717) is 16.5 Å². The number of para-hydroxylation sites is 1. The molecule has 148 valence electrons. The van der Waals surface area contributed by atoms with E-state index in [1.165, 1.54) is 17.8 Å². The zero-order valence-electron chi connectivity index (χ0n) is 16.3. The molecule has 7 heteroatoms. The lowest BCUT2D eigenvalue weighted by Crippen LogP contribution is -2.13. The number of thiazole rings is 1. The van der Waals surface area contributed by atoms with Crippen LogP contribution in [0.3, 0.4) is 0 Å². The van der Waals surface area contributed by atoms with Gasteiger partial charge in [-0.05, 0) is 73.1 Å². The van der Waals surface area contributed by atoms with Crippen molar-refractivity contribution in [2.24, 2.45) is 0 Å². The molecule has 0 aliphatic carbocycles. The number of rotatable bonds is 5. The van der Waals surface area contributed by atoms with Crippen LogP contribution in [0, 0.1) is 25.2 Å². The lowest BCUT2D eigenvalue weighted by atomic mass is 10.1. The van der Waals surface area contributed by atoms with E-state index in [4.69, 9.17) is 4.42 Å². The van der Waals surface area contributed by atoms with Gasteiger partial charge in [0.15, 0.2) is 9.43 Å². The van der Waals surface area contributed by atoms with Crippen molar-refractivity contribution in [1.82, 2.24) is 4.98 Å². The van der Waals surface area contributed by atoms with Crippen molar-refractivity contribution in [2.45, 2.75) is 23.3 Å². The Morgan fingerprint density at radius 2 is 2.00 bits per heavy atom. The van der Waals surface area contributed by atoms with E-state index in [0.717, 1.165) is 25.7 Å². The first-order chi connectivity index (χ1) is 14.5. The Labute approximate surface area is 182 Å². The van der Waals surface area contributed by atoms with Gasteiger partial charge in [0, 0.05) is 11.8 Å². The molecule has 0 radical (unpaired) electrons. The highest BCUT2D eigenvalue weighted by Gasteiger charge is 2.13. The lowest BCUT2D eigenvalue weighted by Gasteiger charge is -2.06. The predicted octanol–water partition coefficient (Wildman–Crippen LogP) is 6.20. The number of carbonyl (C=O) groups excluding carboxylic acids is 1. The number of nitrogens with one attached hydrogen (secondary N) is 1. The molecule has 0 aliphatic rings. The summed E-state index contributed by atoms with van der Waals surface area (Å²) in [5, 5.41) is 12.8. The molecule has 0 fully saturated rings. The number of amides is 1. The molecular weight excluding hydrogens is 414 g/mol. The molecule has 2 aromatic heterocycles. The van der Waals surface area contributed by atoms with Gasteiger partial charge in [-0.2, -0.15) is 5.26 Å². The normalized spacial score (nSPS) is 11.4. The highest BCUT2D eigenvalue weighted by atomic mass is 32.2. The number of hydrogen-bond acceptors (Lipinski definition) is 6. The maximum absolute atomic E-state index is 12.5. The summed E-state index contributed by atoms with van der Waals surface area (Å²) in [7, 11) is 0. The number of nitrogens with zero attached hydrogens (tertiary/aromatic N) is 2. The average molecular weight is 432 g/mol. The maximum atomic E-state index is 12.5. The molecule has 0 aliphatic heterocycles. The molecule has 1 amide bonds.